The van der Waals surface area contributed by atoms with Crippen molar-refractivity contribution in [2.75, 3.05) is 13.2 Å². The minimum absolute atomic E-state index is 0.0129. The van der Waals surface area contributed by atoms with E-state index >= 15 is 4.79 Å². The monoisotopic (exact) mass is 1420 g/mol. The molecule has 5 unspecified atom stereocenters. The summed E-state index contributed by atoms with van der Waals surface area (Å²) in [6.07, 6.45) is 43.2. The molecule has 0 bridgehead atoms. The van der Waals surface area contributed by atoms with Crippen LogP contribution in [0.5, 0.6) is 11.5 Å². The summed E-state index contributed by atoms with van der Waals surface area (Å²) in [6, 6.07) is 11.6. The summed E-state index contributed by atoms with van der Waals surface area (Å²) < 4.78 is 25.2. The van der Waals surface area contributed by atoms with Crippen molar-refractivity contribution in [2.24, 2.45) is 23.0 Å². The number of nitrogens with two attached hydrogens (primary N) is 1. The summed E-state index contributed by atoms with van der Waals surface area (Å²) in [5, 5.41) is 13.0. The van der Waals surface area contributed by atoms with Crippen molar-refractivity contribution in [3.05, 3.63) is 76.8 Å². The highest BCUT2D eigenvalue weighted by Gasteiger charge is 2.53. The van der Waals surface area contributed by atoms with Crippen LogP contribution in [-0.2, 0) is 26.6 Å². The molecule has 0 saturated heterocycles. The third-order valence-electron chi connectivity index (χ3n) is 22.1. The van der Waals surface area contributed by atoms with Crippen LogP contribution in [0.15, 0.2) is 41.3 Å². The Hall–Kier alpha value is -2.84. The van der Waals surface area contributed by atoms with Gasteiger partial charge in [0.1, 0.15) is 16.8 Å². The van der Waals surface area contributed by atoms with Crippen molar-refractivity contribution in [3.63, 3.8) is 0 Å². The number of hydrogen-bond donors (Lipinski definition) is 2. The Balaban J connectivity index is 1.32. The van der Waals surface area contributed by atoms with Crippen LogP contribution in [0.2, 0.25) is 0 Å². The molecule has 1 aromatic carbocycles. The van der Waals surface area contributed by atoms with E-state index in [9.17, 15) is 5.11 Å². The van der Waals surface area contributed by atoms with Gasteiger partial charge in [0, 0.05) is 72.8 Å². The molecular formula is C85H135N3O4S5. The number of hydrogen-bond acceptors (Lipinski definition) is 12. The lowest BCUT2D eigenvalue weighted by molar-refractivity contribution is -0.122. The molecular weight excluding hydrogens is 1290 g/mol. The maximum atomic E-state index is 15.9. The fraction of sp³-hybridized carbons (Fsp3) is 0.729. The number of ether oxygens (including phenoxy) is 2. The highest BCUT2D eigenvalue weighted by molar-refractivity contribution is 8.12. The van der Waals surface area contributed by atoms with Gasteiger partial charge in [-0.3, -0.25) is 4.79 Å². The largest absolute Gasteiger partial charge is 0.489 e. The van der Waals surface area contributed by atoms with Crippen LogP contribution in [0, 0.1) is 17.3 Å². The van der Waals surface area contributed by atoms with Crippen LogP contribution in [0.3, 0.4) is 0 Å². The number of unbranched alkanes of at least 4 members (excludes halogenated alkanes) is 23. The van der Waals surface area contributed by atoms with Gasteiger partial charge in [-0.25, -0.2) is 0 Å². The highest BCUT2D eigenvalue weighted by atomic mass is 32.2. The van der Waals surface area contributed by atoms with Gasteiger partial charge in [-0.2, -0.15) is 8.75 Å². The molecule has 3 N–H and O–H groups in total. The van der Waals surface area contributed by atoms with Gasteiger partial charge in [0.2, 0.25) is 0 Å². The van der Waals surface area contributed by atoms with Gasteiger partial charge in [-0.05, 0) is 105 Å². The van der Waals surface area contributed by atoms with Crippen molar-refractivity contribution in [2.45, 2.75) is 369 Å². The molecule has 97 heavy (non-hydrogen) atoms. The van der Waals surface area contributed by atoms with Gasteiger partial charge in [0.15, 0.2) is 11.5 Å². The first-order valence-corrected chi connectivity index (χ1v) is 43.5. The lowest BCUT2D eigenvalue weighted by Crippen LogP contribution is -2.40. The van der Waals surface area contributed by atoms with E-state index in [0.29, 0.717) is 43.7 Å². The first kappa shape index (κ1) is 81.5. The summed E-state index contributed by atoms with van der Waals surface area (Å²) in [5.41, 5.74) is 10.8. The molecule has 4 aromatic heterocycles. The van der Waals surface area contributed by atoms with E-state index in [0.717, 1.165) is 103 Å². The summed E-state index contributed by atoms with van der Waals surface area (Å²) >= 11 is 8.59. The molecule has 7 nitrogen and oxygen atoms in total. The molecule has 5 atom stereocenters. The lowest BCUT2D eigenvalue weighted by atomic mass is 9.62. The van der Waals surface area contributed by atoms with E-state index in [-0.39, 0.29) is 11.3 Å². The van der Waals surface area contributed by atoms with Crippen molar-refractivity contribution >= 4 is 84.8 Å². The van der Waals surface area contributed by atoms with Gasteiger partial charge in [-0.1, -0.05) is 301 Å². The predicted octanol–water partition coefficient (Wildman–Crippen LogP) is 27.6. The topological polar surface area (TPSA) is 108 Å². The summed E-state index contributed by atoms with van der Waals surface area (Å²) in [7, 11) is 0. The summed E-state index contributed by atoms with van der Waals surface area (Å²) in [6.45, 7) is 38.1. The number of thioether (sulfide) groups is 1. The molecule has 5 heterocycles. The van der Waals surface area contributed by atoms with Gasteiger partial charge in [0.05, 0.1) is 42.5 Å². The van der Waals surface area contributed by atoms with Gasteiger partial charge < -0.3 is 20.3 Å². The maximum absolute atomic E-state index is 15.9. The lowest BCUT2D eigenvalue weighted by Gasteiger charge is -2.42. The quantitative estimate of drug-likeness (QED) is 0.0371. The van der Waals surface area contributed by atoms with E-state index in [1.165, 1.54) is 205 Å². The van der Waals surface area contributed by atoms with Crippen LogP contribution in [0.1, 0.15) is 377 Å². The summed E-state index contributed by atoms with van der Waals surface area (Å²) in [4.78, 5) is 25.4. The predicted molar refractivity (Wildman–Crippen MR) is 429 cm³/mol. The van der Waals surface area contributed by atoms with Crippen LogP contribution >= 0.6 is 57.5 Å². The van der Waals surface area contributed by atoms with Crippen LogP contribution in [0.25, 0.3) is 32.0 Å². The SMILES string of the molecule is CCCCCCCCOc1c(OCCCCCCCC)c(C(C)(C)C(C)(C)c2ccc(C3=CC4(C)C(=C(C(O)CCC(C)CCCCCCCC)c5cc(C(C)(C)N)sc5C4C(=O)CCC(CCCCCC)CCCCCCCC)S3)s2)c2nsnc2c1-c1ccc(C(C)(C)C)s1. The minimum Gasteiger partial charge on any atom is -0.489 e. The summed E-state index contributed by atoms with van der Waals surface area (Å²) in [5.74, 6) is 2.66. The van der Waals surface area contributed by atoms with Gasteiger partial charge >= 0.3 is 0 Å². The minimum atomic E-state index is -0.677. The average Bonchev–Trinajstić information content (AvgIpc) is 1.60. The van der Waals surface area contributed by atoms with Crippen LogP contribution < -0.4 is 15.2 Å². The number of allylic oxidation sites excluding steroid dienone is 2. The number of carbonyl (C=O) groups excluding carboxylic acids is 1. The van der Waals surface area contributed by atoms with Crippen molar-refractivity contribution < 1.29 is 19.4 Å². The molecule has 0 amide bonds. The standard InChI is InChI=1S/C85H135N3O4S5/c1-17-22-27-32-36-40-45-60(6)48-50-63(89)71-62-58-70(84(14,15)86)96-79(62)73(64(90)51-49-61(46-41-31-26-21-5)47-42-37-33-28-23-18-2)85(16)59-67(95-80(71)85)65-52-55-69(93-65)82(10,11)83(12,13)74-76-75(87-97-88-76)72(66-53-54-68(94-66)81(7,8)9)77(91-56-43-38-34-29-24-19-3)78(74)92-57-44-39-35-30-25-20-4/h52-55,58-61,63,73,89H,17-51,56-57,86H2,1-16H3. The van der Waals surface area contributed by atoms with E-state index in [1.807, 2.05) is 34.4 Å². The fourth-order valence-corrected chi connectivity index (χ4v) is 21.1. The Kier molecular flexibility index (Phi) is 32.9. The van der Waals surface area contributed by atoms with Crippen LogP contribution in [-0.4, -0.2) is 39.0 Å². The number of Topliss-reactive ketones (excluding diaryl/α,β-unsaturated/α-hetero) is 1. The molecule has 0 radical (unpaired) electrons. The second-order valence-electron chi connectivity index (χ2n) is 32.6. The van der Waals surface area contributed by atoms with E-state index in [4.69, 9.17) is 24.0 Å². The molecule has 7 rings (SSSR count). The Labute approximate surface area is 612 Å². The number of thiophene rings is 3. The molecule has 0 saturated carbocycles. The van der Waals surface area contributed by atoms with Crippen molar-refractivity contribution in [3.8, 4) is 21.9 Å². The Morgan fingerprint density at radius 3 is 1.62 bits per heavy atom. The van der Waals surface area contributed by atoms with Crippen LogP contribution in [0.4, 0.5) is 0 Å². The first-order valence-electron chi connectivity index (χ1n) is 39.5. The third kappa shape index (κ3) is 21.6. The zero-order chi connectivity index (χ0) is 70.4. The number of aliphatic hydroxyl groups excluding tert-OH is 1. The number of aromatic nitrogens is 2. The van der Waals surface area contributed by atoms with E-state index < -0.39 is 27.9 Å². The fourth-order valence-electron chi connectivity index (χ4n) is 15.1. The van der Waals surface area contributed by atoms with E-state index in [1.54, 1.807) is 11.3 Å². The van der Waals surface area contributed by atoms with Crippen molar-refractivity contribution in [1.29, 1.82) is 0 Å². The molecule has 2 aliphatic rings. The molecule has 0 fully saturated rings. The molecule has 1 aliphatic carbocycles. The molecule has 5 aromatic rings. The second kappa shape index (κ2) is 39.2. The molecule has 1 aliphatic heterocycles. The number of nitrogens with zero attached hydrogens (tertiary/aromatic N) is 2. The molecule has 12 heteroatoms. The highest BCUT2D eigenvalue weighted by Crippen LogP contribution is 2.67. The Morgan fingerprint density at radius 1 is 0.567 bits per heavy atom. The average molecular weight is 1420 g/mol. The number of benzene rings is 1. The Morgan fingerprint density at radius 2 is 1.06 bits per heavy atom. The first-order chi connectivity index (χ1) is 46.4. The molecule has 544 valence electrons. The number of fused-ring (bicyclic) bond motifs is 3. The Bertz CT molecular complexity index is 3230. The van der Waals surface area contributed by atoms with Gasteiger partial charge in [-0.15, -0.1) is 34.0 Å². The zero-order valence-corrected chi connectivity index (χ0v) is 68.2. The molecule has 0 spiro atoms. The number of ketones is 1. The van der Waals surface area contributed by atoms with Crippen molar-refractivity contribution in [1.82, 2.24) is 8.75 Å². The number of rotatable bonds is 49. The second-order valence-corrected chi connectivity index (χ2v) is 37.5. The smallest absolute Gasteiger partial charge is 0.172 e. The number of aliphatic hydroxyl groups is 1. The normalized spacial score (nSPS) is 17.1. The van der Waals surface area contributed by atoms with E-state index in [2.05, 4.69) is 147 Å². The number of carbonyl (C=O) groups is 1. The van der Waals surface area contributed by atoms with Gasteiger partial charge in [0.25, 0.3) is 0 Å². The maximum Gasteiger partial charge on any atom is 0.172 e. The third-order valence-corrected chi connectivity index (χ3v) is 28.7. The zero-order valence-electron chi connectivity index (χ0n) is 64.1.